The van der Waals surface area contributed by atoms with Crippen LogP contribution in [-0.2, 0) is 55.7 Å². The number of benzene rings is 1. The first kappa shape index (κ1) is 39.2. The molecular formula is C30H32IN5O13S2. The van der Waals surface area contributed by atoms with Crippen LogP contribution in [0.1, 0.15) is 38.4 Å². The van der Waals surface area contributed by atoms with Crippen LogP contribution in [0.3, 0.4) is 0 Å². The van der Waals surface area contributed by atoms with Gasteiger partial charge in [-0.3, -0.25) is 28.8 Å². The van der Waals surface area contributed by atoms with E-state index in [-0.39, 0.29) is 33.3 Å². The van der Waals surface area contributed by atoms with E-state index in [1.54, 1.807) is 45.0 Å². The average molecular weight is 862 g/mol. The van der Waals surface area contributed by atoms with Crippen LogP contribution in [0, 0.1) is 0 Å². The number of methoxy groups -OCH3 is 1. The fourth-order valence-electron chi connectivity index (χ4n) is 4.57. The van der Waals surface area contributed by atoms with Crippen molar-refractivity contribution in [2.75, 3.05) is 22.6 Å². The molecule has 1 fully saturated rings. The monoisotopic (exact) mass is 861 g/mol. The zero-order chi connectivity index (χ0) is 37.6. The van der Waals surface area contributed by atoms with Crippen molar-refractivity contribution in [3.05, 3.63) is 52.2 Å². The summed E-state index contributed by atoms with van der Waals surface area (Å²) in [5.41, 5.74) is -0.842. The summed E-state index contributed by atoms with van der Waals surface area (Å²) in [5, 5.41) is 26.8. The number of carboxylic acid groups (broad SMARTS) is 2. The van der Waals surface area contributed by atoms with Crippen LogP contribution < -0.4 is 15.4 Å². The molecule has 4 N–H and O–H groups in total. The highest BCUT2D eigenvalue weighted by atomic mass is 127. The van der Waals surface area contributed by atoms with E-state index >= 15 is 0 Å². The Kier molecular flexibility index (Phi) is 12.7. The minimum absolute atomic E-state index is 0.0615. The number of hydrogen-bond acceptors (Lipinski definition) is 14. The molecule has 1 unspecified atom stereocenters. The topological polar surface area (TPSA) is 249 Å². The van der Waals surface area contributed by atoms with E-state index in [0.717, 1.165) is 16.2 Å². The number of rotatable bonds is 14. The molecule has 0 aliphatic carbocycles. The molecule has 4 rings (SSSR count). The minimum atomic E-state index is -2.02. The van der Waals surface area contributed by atoms with Crippen molar-refractivity contribution in [1.29, 1.82) is 0 Å². The zero-order valence-electron chi connectivity index (χ0n) is 27.4. The third kappa shape index (κ3) is 9.78. The number of ether oxygens (including phenoxy) is 3. The molecule has 2 aliphatic heterocycles. The number of alkyl halides is 1. The Labute approximate surface area is 310 Å². The fraction of sp³-hybridized carbons (Fsp3) is 0.400. The number of β-lactam (4-membered cyclic amide) rings is 1. The molecule has 0 bridgehead atoms. The number of carbonyl (C=O) groups is 6. The van der Waals surface area contributed by atoms with E-state index in [2.05, 4.69) is 20.8 Å². The van der Waals surface area contributed by atoms with Crippen molar-refractivity contribution in [2.45, 2.75) is 56.9 Å². The summed E-state index contributed by atoms with van der Waals surface area (Å²) in [6.45, 7) is 4.78. The molecule has 51 heavy (non-hydrogen) atoms. The van der Waals surface area contributed by atoms with Gasteiger partial charge in [-0.25, -0.2) is 19.4 Å². The molecule has 1 aromatic heterocycles. The summed E-state index contributed by atoms with van der Waals surface area (Å²) in [6, 6.07) is 5.33. The highest BCUT2D eigenvalue weighted by molar-refractivity contribution is 14.1. The normalized spacial score (nSPS) is 19.2. The highest BCUT2D eigenvalue weighted by Crippen LogP contribution is 2.36. The van der Waals surface area contributed by atoms with Gasteiger partial charge >= 0.3 is 24.0 Å². The fourth-order valence-corrected chi connectivity index (χ4v) is 7.94. The predicted octanol–water partition coefficient (Wildman–Crippen LogP) is 2.00. The Balaban J connectivity index is 1.56. The van der Waals surface area contributed by atoms with Crippen LogP contribution in [0.5, 0.6) is 5.75 Å². The minimum Gasteiger partial charge on any atom is -0.497 e. The molecule has 0 spiro atoms. The van der Waals surface area contributed by atoms with E-state index in [1.807, 2.05) is 22.6 Å². The Bertz CT molecular complexity index is 1810. The number of esters is 1. The third-order valence-corrected chi connectivity index (χ3v) is 10.2. The lowest BCUT2D eigenvalue weighted by molar-refractivity contribution is -0.157. The van der Waals surface area contributed by atoms with E-state index in [9.17, 15) is 38.1 Å². The van der Waals surface area contributed by atoms with Gasteiger partial charge in [-0.05, 0) is 44.0 Å². The second-order valence-electron chi connectivity index (χ2n) is 11.7. The van der Waals surface area contributed by atoms with Gasteiger partial charge in [0, 0.05) is 9.81 Å². The summed E-state index contributed by atoms with van der Waals surface area (Å²) in [5.74, 6) is -5.49. The molecule has 3 heterocycles. The number of nitrogens with one attached hydrogen (secondary N) is 2. The van der Waals surface area contributed by atoms with Gasteiger partial charge in [0.05, 0.1) is 30.1 Å². The quantitative estimate of drug-likeness (QED) is 0.0530. The van der Waals surface area contributed by atoms with Crippen molar-refractivity contribution in [2.24, 2.45) is 5.16 Å². The van der Waals surface area contributed by atoms with E-state index in [4.69, 9.17) is 24.2 Å². The van der Waals surface area contributed by atoms with Crippen molar-refractivity contribution in [3.8, 4) is 5.75 Å². The standard InChI is InChI=1S/C30H32IN5O13S2/c1-30(2,3)48-29(44)34-28-32-17(12-50-28)20(35-49-18(26(41)42)9-19(37)38)23(39)33-21-24(40)36-22(15(10-31)13-51(45)25(21)36)27(43)47-11-14-5-7-16(46-4)8-6-14/h5-8,12,18,21,25H,9-11,13H2,1-4H3,(H,33,39)(H,37,38)(H,41,42)(H,32,34,44)/t18?,21-,25-,51-/m1/s1. The number of carboxylic acids is 2. The van der Waals surface area contributed by atoms with Crippen LogP contribution >= 0.6 is 33.9 Å². The Hall–Kier alpha value is -4.64. The van der Waals surface area contributed by atoms with Gasteiger partial charge in [0.25, 0.3) is 11.8 Å². The van der Waals surface area contributed by atoms with Crippen molar-refractivity contribution < 1.29 is 62.2 Å². The van der Waals surface area contributed by atoms with E-state index in [1.165, 1.54) is 12.5 Å². The van der Waals surface area contributed by atoms with Gasteiger partial charge in [-0.15, -0.1) is 11.3 Å². The number of aromatic nitrogens is 1. The molecule has 2 aromatic rings. The largest absolute Gasteiger partial charge is 0.497 e. The van der Waals surface area contributed by atoms with E-state index in [0.29, 0.717) is 16.9 Å². The molecule has 0 saturated carbocycles. The smallest absolute Gasteiger partial charge is 0.413 e. The number of halogens is 1. The third-order valence-electron chi connectivity index (χ3n) is 6.85. The van der Waals surface area contributed by atoms with Crippen molar-refractivity contribution in [3.63, 3.8) is 0 Å². The summed E-state index contributed by atoms with van der Waals surface area (Å²) < 4.78 is 29.4. The average Bonchev–Trinajstić information content (AvgIpc) is 3.51. The molecular weight excluding hydrogens is 829 g/mol. The summed E-state index contributed by atoms with van der Waals surface area (Å²) >= 11 is 2.80. The molecule has 2 aliphatic rings. The molecule has 3 amide bonds. The van der Waals surface area contributed by atoms with Crippen LogP contribution in [0.25, 0.3) is 0 Å². The highest BCUT2D eigenvalue weighted by Gasteiger charge is 2.57. The van der Waals surface area contributed by atoms with Gasteiger partial charge < -0.3 is 34.6 Å². The van der Waals surface area contributed by atoms with Crippen molar-refractivity contribution in [1.82, 2.24) is 15.2 Å². The number of hydrogen-bond donors (Lipinski definition) is 4. The second-order valence-corrected chi connectivity index (χ2v) is 14.9. The number of oxime groups is 1. The second kappa shape index (κ2) is 16.6. The predicted molar refractivity (Wildman–Crippen MR) is 188 cm³/mol. The molecule has 274 valence electrons. The Morgan fingerprint density at radius 2 is 1.86 bits per heavy atom. The molecule has 0 radical (unpaired) electrons. The maximum absolute atomic E-state index is 13.6. The zero-order valence-corrected chi connectivity index (χ0v) is 31.2. The maximum atomic E-state index is 13.6. The molecule has 4 atom stereocenters. The van der Waals surface area contributed by atoms with Crippen LogP contribution in [0.4, 0.5) is 9.93 Å². The lowest BCUT2D eigenvalue weighted by Crippen LogP contribution is -2.74. The summed E-state index contributed by atoms with van der Waals surface area (Å²) in [4.78, 5) is 85.5. The first-order chi connectivity index (χ1) is 24.0. The SMILES string of the molecule is COc1ccc(COC(=O)C2=C(CI)C[S@@](=O)[C@@H]3[C@H](NC(=O)C(=NOC(CC(=O)O)C(=O)O)c4csc(NC(=O)OC(C)(C)C)n4)C(=O)N23)cc1. The molecule has 21 heteroatoms. The van der Waals surface area contributed by atoms with Gasteiger partial charge in [0.2, 0.25) is 6.10 Å². The number of fused-ring (bicyclic) bond motifs is 1. The Morgan fingerprint density at radius 3 is 2.45 bits per heavy atom. The summed E-state index contributed by atoms with van der Waals surface area (Å²) in [7, 11) is -0.272. The van der Waals surface area contributed by atoms with Gasteiger partial charge in [-0.2, -0.15) is 0 Å². The number of aliphatic carboxylic acids is 2. The maximum Gasteiger partial charge on any atom is 0.413 e. The number of amides is 3. The van der Waals surface area contributed by atoms with Crippen molar-refractivity contribution >= 4 is 91.4 Å². The Morgan fingerprint density at radius 1 is 1.18 bits per heavy atom. The number of anilines is 1. The first-order valence-corrected chi connectivity index (χ1v) is 18.5. The lowest BCUT2D eigenvalue weighted by atomic mass is 10.0. The molecule has 18 nitrogen and oxygen atoms in total. The van der Waals surface area contributed by atoms with E-state index < -0.39 is 81.9 Å². The number of carbonyl (C=O) groups excluding carboxylic acids is 4. The van der Waals surface area contributed by atoms with Gasteiger partial charge in [0.15, 0.2) is 10.8 Å². The van der Waals surface area contributed by atoms with Crippen LogP contribution in [0.2, 0.25) is 0 Å². The van der Waals surface area contributed by atoms with Gasteiger partial charge in [0.1, 0.15) is 40.8 Å². The van der Waals surface area contributed by atoms with Gasteiger partial charge in [-0.1, -0.05) is 39.9 Å². The molecule has 1 aromatic carbocycles. The lowest BCUT2D eigenvalue weighted by Gasteiger charge is -2.49. The number of thiazole rings is 1. The van der Waals surface area contributed by atoms with Crippen LogP contribution in [0.15, 0.2) is 46.1 Å². The molecule has 1 saturated heterocycles. The number of nitrogens with zero attached hydrogens (tertiary/aromatic N) is 3. The summed E-state index contributed by atoms with van der Waals surface area (Å²) in [6.07, 6.45) is -3.90. The first-order valence-electron chi connectivity index (χ1n) is 14.8. The van der Waals surface area contributed by atoms with Crippen LogP contribution in [-0.4, -0.2) is 106 Å².